The summed E-state index contributed by atoms with van der Waals surface area (Å²) in [5.41, 5.74) is -0.0699. The van der Waals surface area contributed by atoms with Crippen LogP contribution in [-0.4, -0.2) is 23.8 Å². The highest BCUT2D eigenvalue weighted by atomic mass is 16.5. The lowest BCUT2D eigenvalue weighted by Gasteiger charge is -2.28. The summed E-state index contributed by atoms with van der Waals surface area (Å²) in [5.74, 6) is -1.04. The van der Waals surface area contributed by atoms with E-state index in [1.165, 1.54) is 0 Å². The molecule has 0 bridgehead atoms. The van der Waals surface area contributed by atoms with Crippen molar-refractivity contribution in [3.05, 3.63) is 0 Å². The summed E-state index contributed by atoms with van der Waals surface area (Å²) < 4.78 is 5.41. The Morgan fingerprint density at radius 2 is 2.08 bits per heavy atom. The Morgan fingerprint density at radius 3 is 2.42 bits per heavy atom. The second-order valence-corrected chi connectivity index (χ2v) is 4.39. The number of ether oxygens (including phenoxy) is 1. The molecule has 2 atom stereocenters. The van der Waals surface area contributed by atoms with E-state index >= 15 is 0 Å². The molecule has 1 aliphatic heterocycles. The summed E-state index contributed by atoms with van der Waals surface area (Å²) in [6.07, 6.45) is 0.520. The van der Waals surface area contributed by atoms with Gasteiger partial charge in [0.05, 0.1) is 12.0 Å². The normalized spacial score (nSPS) is 30.6. The predicted molar refractivity (Wildman–Crippen MR) is 44.9 cm³/mol. The largest absolute Gasteiger partial charge is 0.481 e. The molecule has 0 aliphatic carbocycles. The molecule has 0 aromatic carbocycles. The minimum absolute atomic E-state index is 0.0699. The van der Waals surface area contributed by atoms with Crippen molar-refractivity contribution in [1.29, 1.82) is 0 Å². The molecule has 0 radical (unpaired) electrons. The monoisotopic (exact) mass is 172 g/mol. The lowest BCUT2D eigenvalue weighted by Crippen LogP contribution is -2.35. The van der Waals surface area contributed by atoms with E-state index in [-0.39, 0.29) is 17.4 Å². The van der Waals surface area contributed by atoms with Gasteiger partial charge in [0.2, 0.25) is 0 Å². The van der Waals surface area contributed by atoms with Crippen LogP contribution in [0.25, 0.3) is 0 Å². The van der Waals surface area contributed by atoms with Gasteiger partial charge in [0.15, 0.2) is 0 Å². The summed E-state index contributed by atoms with van der Waals surface area (Å²) in [5, 5.41) is 8.87. The highest BCUT2D eigenvalue weighted by Crippen LogP contribution is 2.34. The van der Waals surface area contributed by atoms with Crippen molar-refractivity contribution in [2.24, 2.45) is 11.3 Å². The number of carboxylic acids is 1. The second-order valence-electron chi connectivity index (χ2n) is 4.39. The zero-order valence-electron chi connectivity index (χ0n) is 7.83. The zero-order valence-corrected chi connectivity index (χ0v) is 7.83. The maximum Gasteiger partial charge on any atom is 0.309 e. The van der Waals surface area contributed by atoms with E-state index < -0.39 is 5.97 Å². The van der Waals surface area contributed by atoms with E-state index in [1.807, 2.05) is 20.8 Å². The van der Waals surface area contributed by atoms with Crippen molar-refractivity contribution >= 4 is 5.97 Å². The Kier molecular flexibility index (Phi) is 2.42. The number of rotatable bonds is 1. The van der Waals surface area contributed by atoms with Crippen LogP contribution in [0, 0.1) is 11.3 Å². The second kappa shape index (κ2) is 3.05. The van der Waals surface area contributed by atoms with Crippen LogP contribution in [0.2, 0.25) is 0 Å². The molecule has 1 N–H and O–H groups in total. The zero-order chi connectivity index (χ0) is 9.35. The van der Waals surface area contributed by atoms with E-state index in [1.54, 1.807) is 0 Å². The summed E-state index contributed by atoms with van der Waals surface area (Å²) in [6.45, 7) is 6.62. The van der Waals surface area contributed by atoms with Gasteiger partial charge < -0.3 is 9.84 Å². The summed E-state index contributed by atoms with van der Waals surface area (Å²) in [6, 6.07) is 0. The average Bonchev–Trinajstić information content (AvgIpc) is 2.30. The number of aliphatic carboxylic acids is 1. The molecule has 70 valence electrons. The molecule has 1 heterocycles. The first-order valence-electron chi connectivity index (χ1n) is 4.27. The molecular formula is C9H16O3. The Labute approximate surface area is 72.7 Å². The van der Waals surface area contributed by atoms with Crippen molar-refractivity contribution in [3.63, 3.8) is 0 Å². The Balaban J connectivity index is 2.71. The van der Waals surface area contributed by atoms with Crippen LogP contribution in [0.15, 0.2) is 0 Å². The molecule has 0 unspecified atom stereocenters. The summed E-state index contributed by atoms with van der Waals surface area (Å²) in [7, 11) is 0. The fourth-order valence-corrected chi connectivity index (χ4v) is 1.70. The molecule has 12 heavy (non-hydrogen) atoms. The molecule has 0 spiro atoms. The molecule has 0 amide bonds. The Morgan fingerprint density at radius 1 is 1.50 bits per heavy atom. The molecule has 1 fully saturated rings. The van der Waals surface area contributed by atoms with Crippen LogP contribution in [0.4, 0.5) is 0 Å². The molecule has 0 aromatic heterocycles. The van der Waals surface area contributed by atoms with Gasteiger partial charge in [0.1, 0.15) is 0 Å². The SMILES string of the molecule is CC(C)(C)[C@H]1OCC[C@H]1C(=O)O. The van der Waals surface area contributed by atoms with Crippen molar-refractivity contribution in [2.45, 2.75) is 33.3 Å². The van der Waals surface area contributed by atoms with Crippen molar-refractivity contribution < 1.29 is 14.6 Å². The highest BCUT2D eigenvalue weighted by molar-refractivity contribution is 5.71. The van der Waals surface area contributed by atoms with Crippen LogP contribution in [-0.2, 0) is 9.53 Å². The topological polar surface area (TPSA) is 46.5 Å². The Hall–Kier alpha value is -0.570. The number of hydrogen-bond acceptors (Lipinski definition) is 2. The molecule has 0 saturated carbocycles. The highest BCUT2D eigenvalue weighted by Gasteiger charge is 2.41. The quantitative estimate of drug-likeness (QED) is 0.652. The predicted octanol–water partition coefficient (Wildman–Crippen LogP) is 1.52. The van der Waals surface area contributed by atoms with Crippen LogP contribution < -0.4 is 0 Å². The molecule has 0 aromatic rings. The van der Waals surface area contributed by atoms with Crippen molar-refractivity contribution in [2.75, 3.05) is 6.61 Å². The Bertz CT molecular complexity index is 181. The number of hydrogen-bond donors (Lipinski definition) is 1. The lowest BCUT2D eigenvalue weighted by atomic mass is 9.81. The van der Waals surface area contributed by atoms with E-state index in [0.29, 0.717) is 13.0 Å². The van der Waals surface area contributed by atoms with E-state index in [4.69, 9.17) is 9.84 Å². The molecule has 1 rings (SSSR count). The smallest absolute Gasteiger partial charge is 0.309 e. The fraction of sp³-hybridized carbons (Fsp3) is 0.889. The van der Waals surface area contributed by atoms with E-state index in [0.717, 1.165) is 0 Å². The minimum Gasteiger partial charge on any atom is -0.481 e. The van der Waals surface area contributed by atoms with Crippen molar-refractivity contribution in [3.8, 4) is 0 Å². The molecule has 3 nitrogen and oxygen atoms in total. The maximum atomic E-state index is 10.8. The van der Waals surface area contributed by atoms with Gasteiger partial charge >= 0.3 is 5.97 Å². The van der Waals surface area contributed by atoms with Gasteiger partial charge in [-0.1, -0.05) is 20.8 Å². The van der Waals surface area contributed by atoms with Crippen molar-refractivity contribution in [1.82, 2.24) is 0 Å². The standard InChI is InChI=1S/C9H16O3/c1-9(2,3)7-6(8(10)11)4-5-12-7/h6-7H,4-5H2,1-3H3,(H,10,11)/t6-,7+/m1/s1. The van der Waals surface area contributed by atoms with Gasteiger partial charge in [-0.25, -0.2) is 0 Å². The molecule has 1 saturated heterocycles. The van der Waals surface area contributed by atoms with E-state index in [2.05, 4.69) is 0 Å². The maximum absolute atomic E-state index is 10.8. The third kappa shape index (κ3) is 1.78. The van der Waals surface area contributed by atoms with Gasteiger partial charge in [-0.05, 0) is 11.8 Å². The van der Waals surface area contributed by atoms with Crippen LogP contribution >= 0.6 is 0 Å². The number of carboxylic acid groups (broad SMARTS) is 1. The van der Waals surface area contributed by atoms with Gasteiger partial charge in [-0.3, -0.25) is 4.79 Å². The van der Waals surface area contributed by atoms with Crippen LogP contribution in [0.1, 0.15) is 27.2 Å². The van der Waals surface area contributed by atoms with Gasteiger partial charge in [-0.15, -0.1) is 0 Å². The number of carbonyl (C=O) groups is 1. The third-order valence-electron chi connectivity index (χ3n) is 2.26. The van der Waals surface area contributed by atoms with Crippen LogP contribution in [0.3, 0.4) is 0 Å². The van der Waals surface area contributed by atoms with Gasteiger partial charge in [0.25, 0.3) is 0 Å². The first-order chi connectivity index (χ1) is 5.43. The summed E-state index contributed by atoms with van der Waals surface area (Å²) >= 11 is 0. The molecule has 1 aliphatic rings. The van der Waals surface area contributed by atoms with E-state index in [9.17, 15) is 4.79 Å². The average molecular weight is 172 g/mol. The first kappa shape index (κ1) is 9.52. The summed E-state index contributed by atoms with van der Waals surface area (Å²) in [4.78, 5) is 10.8. The van der Waals surface area contributed by atoms with Gasteiger partial charge in [0, 0.05) is 6.61 Å². The molecular weight excluding hydrogens is 156 g/mol. The minimum atomic E-state index is -0.729. The molecule has 3 heteroatoms. The fourth-order valence-electron chi connectivity index (χ4n) is 1.70. The third-order valence-corrected chi connectivity index (χ3v) is 2.26. The first-order valence-corrected chi connectivity index (χ1v) is 4.27. The van der Waals surface area contributed by atoms with Crippen LogP contribution in [0.5, 0.6) is 0 Å². The van der Waals surface area contributed by atoms with Gasteiger partial charge in [-0.2, -0.15) is 0 Å². The lowest BCUT2D eigenvalue weighted by molar-refractivity contribution is -0.145.